The van der Waals surface area contributed by atoms with Crippen LogP contribution in [0.5, 0.6) is 0 Å². The zero-order chi connectivity index (χ0) is 13.9. The van der Waals surface area contributed by atoms with Crippen LogP contribution in [0.2, 0.25) is 0 Å². The summed E-state index contributed by atoms with van der Waals surface area (Å²) in [5.41, 5.74) is 2.14. The van der Waals surface area contributed by atoms with Gasteiger partial charge in [-0.25, -0.2) is 0 Å². The molecular formula is C15H11IN2O2. The number of carbonyl (C=O) groups excluding carboxylic acids is 1. The van der Waals surface area contributed by atoms with Crippen LogP contribution < -0.4 is 5.32 Å². The van der Waals surface area contributed by atoms with Crippen LogP contribution in [0.4, 0.5) is 5.69 Å². The van der Waals surface area contributed by atoms with E-state index in [1.54, 1.807) is 0 Å². The third kappa shape index (κ3) is 2.82. The maximum Gasteiger partial charge on any atom is 0.230 e. The van der Waals surface area contributed by atoms with Crippen molar-refractivity contribution in [2.24, 2.45) is 0 Å². The van der Waals surface area contributed by atoms with E-state index in [-0.39, 0.29) is 12.3 Å². The standard InChI is InChI=1S/C15H11IN2O2/c16-10-4-3-5-11(8-10)17-15(19)9-13-12-6-1-2-7-14(12)20-18-13/h1-8H,9H2,(H,17,19). The number of amides is 1. The van der Waals surface area contributed by atoms with Crippen LogP contribution in [-0.4, -0.2) is 11.1 Å². The van der Waals surface area contributed by atoms with E-state index in [4.69, 9.17) is 4.52 Å². The summed E-state index contributed by atoms with van der Waals surface area (Å²) in [6.07, 6.45) is 0.197. The lowest BCUT2D eigenvalue weighted by Gasteiger charge is -2.04. The Hall–Kier alpha value is -1.89. The first-order valence-corrected chi connectivity index (χ1v) is 7.19. The number of para-hydroxylation sites is 1. The van der Waals surface area contributed by atoms with Gasteiger partial charge in [0.2, 0.25) is 5.91 Å². The topological polar surface area (TPSA) is 55.1 Å². The summed E-state index contributed by atoms with van der Waals surface area (Å²) in [5.74, 6) is -0.106. The lowest BCUT2D eigenvalue weighted by Crippen LogP contribution is -2.14. The Morgan fingerprint density at radius 3 is 2.90 bits per heavy atom. The highest BCUT2D eigenvalue weighted by Crippen LogP contribution is 2.19. The van der Waals surface area contributed by atoms with Crippen molar-refractivity contribution in [2.75, 3.05) is 5.32 Å². The number of aromatic nitrogens is 1. The number of carbonyl (C=O) groups is 1. The van der Waals surface area contributed by atoms with Gasteiger partial charge in [-0.3, -0.25) is 4.79 Å². The monoisotopic (exact) mass is 378 g/mol. The number of halogens is 1. The van der Waals surface area contributed by atoms with Crippen molar-refractivity contribution in [3.8, 4) is 0 Å². The highest BCUT2D eigenvalue weighted by atomic mass is 127. The second-order valence-corrected chi connectivity index (χ2v) is 5.61. The first-order chi connectivity index (χ1) is 9.72. The highest BCUT2D eigenvalue weighted by molar-refractivity contribution is 14.1. The van der Waals surface area contributed by atoms with Gasteiger partial charge >= 0.3 is 0 Å². The number of hydrogen-bond acceptors (Lipinski definition) is 3. The van der Waals surface area contributed by atoms with Crippen LogP contribution in [0, 0.1) is 3.57 Å². The Morgan fingerprint density at radius 2 is 2.05 bits per heavy atom. The van der Waals surface area contributed by atoms with Crippen LogP contribution in [0.25, 0.3) is 11.0 Å². The fraction of sp³-hybridized carbons (Fsp3) is 0.0667. The molecule has 4 nitrogen and oxygen atoms in total. The van der Waals surface area contributed by atoms with E-state index in [1.807, 2.05) is 48.5 Å². The smallest absolute Gasteiger partial charge is 0.230 e. The van der Waals surface area contributed by atoms with Crippen molar-refractivity contribution in [2.45, 2.75) is 6.42 Å². The molecule has 1 heterocycles. The third-order valence-electron chi connectivity index (χ3n) is 2.89. The summed E-state index contributed by atoms with van der Waals surface area (Å²) in [6, 6.07) is 15.2. The molecule has 0 saturated heterocycles. The van der Waals surface area contributed by atoms with Crippen LogP contribution in [0.1, 0.15) is 5.69 Å². The quantitative estimate of drug-likeness (QED) is 0.709. The Morgan fingerprint density at radius 1 is 1.20 bits per heavy atom. The maximum absolute atomic E-state index is 12.0. The largest absolute Gasteiger partial charge is 0.356 e. The van der Waals surface area contributed by atoms with Crippen molar-refractivity contribution in [3.05, 3.63) is 57.8 Å². The van der Waals surface area contributed by atoms with Crippen LogP contribution in [-0.2, 0) is 11.2 Å². The van der Waals surface area contributed by atoms with Gasteiger partial charge in [0, 0.05) is 14.6 Å². The predicted molar refractivity (Wildman–Crippen MR) is 85.5 cm³/mol. The molecule has 0 bridgehead atoms. The normalized spacial score (nSPS) is 10.7. The molecule has 100 valence electrons. The number of fused-ring (bicyclic) bond motifs is 1. The first-order valence-electron chi connectivity index (χ1n) is 6.11. The molecule has 3 aromatic rings. The summed E-state index contributed by atoms with van der Waals surface area (Å²) in [5, 5.41) is 7.70. The zero-order valence-corrected chi connectivity index (χ0v) is 12.6. The fourth-order valence-corrected chi connectivity index (χ4v) is 2.53. The highest BCUT2D eigenvalue weighted by Gasteiger charge is 2.12. The van der Waals surface area contributed by atoms with Gasteiger partial charge in [0.05, 0.1) is 6.42 Å². The molecule has 0 saturated carbocycles. The van der Waals surface area contributed by atoms with Crippen molar-refractivity contribution in [3.63, 3.8) is 0 Å². The van der Waals surface area contributed by atoms with E-state index in [2.05, 4.69) is 33.1 Å². The first kappa shape index (κ1) is 13.1. The van der Waals surface area contributed by atoms with Crippen LogP contribution in [0.15, 0.2) is 53.1 Å². The molecule has 0 radical (unpaired) electrons. The Balaban J connectivity index is 1.76. The van der Waals surface area contributed by atoms with E-state index in [0.717, 1.165) is 14.6 Å². The second kappa shape index (κ2) is 5.62. The SMILES string of the molecule is O=C(Cc1noc2ccccc12)Nc1cccc(I)c1. The molecule has 0 atom stereocenters. The molecule has 1 aromatic heterocycles. The number of nitrogens with one attached hydrogen (secondary N) is 1. The minimum absolute atomic E-state index is 0.106. The van der Waals surface area contributed by atoms with Gasteiger partial charge in [-0.05, 0) is 52.9 Å². The van der Waals surface area contributed by atoms with Gasteiger partial charge < -0.3 is 9.84 Å². The van der Waals surface area contributed by atoms with E-state index in [0.29, 0.717) is 11.3 Å². The molecule has 1 N–H and O–H groups in total. The lowest BCUT2D eigenvalue weighted by molar-refractivity contribution is -0.115. The molecule has 0 spiro atoms. The molecule has 2 aromatic carbocycles. The van der Waals surface area contributed by atoms with Crippen LogP contribution >= 0.6 is 22.6 Å². The van der Waals surface area contributed by atoms with Gasteiger partial charge in [0.15, 0.2) is 5.58 Å². The van der Waals surface area contributed by atoms with Crippen molar-refractivity contribution in [1.29, 1.82) is 0 Å². The molecule has 1 amide bonds. The molecule has 0 aliphatic heterocycles. The second-order valence-electron chi connectivity index (χ2n) is 4.36. The number of nitrogens with zero attached hydrogens (tertiary/aromatic N) is 1. The minimum Gasteiger partial charge on any atom is -0.356 e. The van der Waals surface area contributed by atoms with E-state index >= 15 is 0 Å². The van der Waals surface area contributed by atoms with Crippen LogP contribution in [0.3, 0.4) is 0 Å². The van der Waals surface area contributed by atoms with Gasteiger partial charge in [-0.2, -0.15) is 0 Å². The molecule has 0 aliphatic carbocycles. The zero-order valence-electron chi connectivity index (χ0n) is 10.5. The van der Waals surface area contributed by atoms with E-state index < -0.39 is 0 Å². The number of rotatable bonds is 3. The average Bonchev–Trinajstić information content (AvgIpc) is 2.82. The van der Waals surface area contributed by atoms with Gasteiger partial charge in [0.25, 0.3) is 0 Å². The summed E-state index contributed by atoms with van der Waals surface area (Å²) in [7, 11) is 0. The third-order valence-corrected chi connectivity index (χ3v) is 3.56. The average molecular weight is 378 g/mol. The van der Waals surface area contributed by atoms with Crippen molar-refractivity contribution >= 4 is 45.2 Å². The van der Waals surface area contributed by atoms with Gasteiger partial charge in [0.1, 0.15) is 5.69 Å². The van der Waals surface area contributed by atoms with Gasteiger partial charge in [-0.15, -0.1) is 0 Å². The number of hydrogen-bond donors (Lipinski definition) is 1. The van der Waals surface area contributed by atoms with E-state index in [1.165, 1.54) is 0 Å². The molecule has 3 rings (SSSR count). The van der Waals surface area contributed by atoms with Crippen molar-refractivity contribution in [1.82, 2.24) is 5.16 Å². The summed E-state index contributed by atoms with van der Waals surface area (Å²) < 4.78 is 6.26. The molecule has 0 aliphatic rings. The maximum atomic E-state index is 12.0. The number of benzene rings is 2. The summed E-state index contributed by atoms with van der Waals surface area (Å²) in [4.78, 5) is 12.0. The van der Waals surface area contributed by atoms with E-state index in [9.17, 15) is 4.79 Å². The molecule has 0 unspecified atom stereocenters. The summed E-state index contributed by atoms with van der Waals surface area (Å²) in [6.45, 7) is 0. The fourth-order valence-electron chi connectivity index (χ4n) is 1.99. The molecule has 5 heteroatoms. The molecule has 20 heavy (non-hydrogen) atoms. The Bertz CT molecular complexity index is 767. The Kier molecular flexibility index (Phi) is 3.68. The molecule has 0 fully saturated rings. The van der Waals surface area contributed by atoms with Crippen molar-refractivity contribution < 1.29 is 9.32 Å². The summed E-state index contributed by atoms with van der Waals surface area (Å²) >= 11 is 2.21. The lowest BCUT2D eigenvalue weighted by atomic mass is 10.1. The molecular weight excluding hydrogens is 367 g/mol. The minimum atomic E-state index is -0.106. The van der Waals surface area contributed by atoms with Gasteiger partial charge in [-0.1, -0.05) is 23.4 Å². The predicted octanol–water partition coefficient (Wildman–Crippen LogP) is 3.61. The Labute approximate surface area is 129 Å². The number of anilines is 1.